The molecule has 140 valence electrons. The van der Waals surface area contributed by atoms with Gasteiger partial charge in [-0.2, -0.15) is 10.2 Å². The Bertz CT molecular complexity index is 979. The van der Waals surface area contributed by atoms with Crippen LogP contribution in [0.25, 0.3) is 11.3 Å². The van der Waals surface area contributed by atoms with Crippen LogP contribution in [0.2, 0.25) is 0 Å². The Balaban J connectivity index is 1.60. The van der Waals surface area contributed by atoms with Gasteiger partial charge in [0.15, 0.2) is 5.82 Å². The first-order chi connectivity index (χ1) is 12.9. The first-order valence-electron chi connectivity index (χ1n) is 9.10. The minimum atomic E-state index is 0.103. The third kappa shape index (κ3) is 3.09. The summed E-state index contributed by atoms with van der Waals surface area (Å²) < 4.78 is 3.81. The molecule has 2 aromatic heterocycles. The molecule has 7 heteroatoms. The fourth-order valence-electron chi connectivity index (χ4n) is 3.77. The van der Waals surface area contributed by atoms with Crippen LogP contribution >= 0.6 is 0 Å². The second-order valence-electron chi connectivity index (χ2n) is 7.09. The molecule has 0 saturated carbocycles. The third-order valence-corrected chi connectivity index (χ3v) is 5.23. The minimum Gasteiger partial charge on any atom is -0.338 e. The zero-order valence-electron chi connectivity index (χ0n) is 16.2. The molecule has 0 spiro atoms. The van der Waals surface area contributed by atoms with Gasteiger partial charge in [0.05, 0.1) is 18.4 Å². The molecule has 1 aliphatic rings. The maximum Gasteiger partial charge on any atom is 0.219 e. The van der Waals surface area contributed by atoms with E-state index in [0.29, 0.717) is 6.54 Å². The summed E-state index contributed by atoms with van der Waals surface area (Å²) in [6.07, 6.45) is 2.71. The van der Waals surface area contributed by atoms with Crippen molar-refractivity contribution in [1.82, 2.24) is 24.5 Å². The molecule has 0 unspecified atom stereocenters. The number of hydrogen-bond donors (Lipinski definition) is 1. The van der Waals surface area contributed by atoms with Gasteiger partial charge in [0.1, 0.15) is 0 Å². The van der Waals surface area contributed by atoms with Crippen LogP contribution in [0.4, 0.5) is 11.5 Å². The standard InChI is InChI=1S/C20H24N6O/c1-13-11-21-25(4)19(13)15-5-7-16(8-6-15)22-20-17-12-26(14(2)27)10-9-18(17)24(3)23-20/h5-8,11H,9-10,12H2,1-4H3,(H,22,23). The molecule has 1 N–H and O–H groups in total. The molecule has 0 aliphatic carbocycles. The summed E-state index contributed by atoms with van der Waals surface area (Å²) in [6.45, 7) is 5.04. The van der Waals surface area contributed by atoms with E-state index in [2.05, 4.69) is 46.7 Å². The summed E-state index contributed by atoms with van der Waals surface area (Å²) in [5.41, 5.74) is 6.67. The van der Waals surface area contributed by atoms with Gasteiger partial charge >= 0.3 is 0 Å². The van der Waals surface area contributed by atoms with Gasteiger partial charge in [-0.05, 0) is 24.6 Å². The van der Waals surface area contributed by atoms with Crippen molar-refractivity contribution in [2.45, 2.75) is 26.8 Å². The largest absolute Gasteiger partial charge is 0.338 e. The van der Waals surface area contributed by atoms with Crippen molar-refractivity contribution >= 4 is 17.4 Å². The molecule has 4 rings (SSSR count). The van der Waals surface area contributed by atoms with E-state index in [-0.39, 0.29) is 5.91 Å². The van der Waals surface area contributed by atoms with Crippen molar-refractivity contribution in [2.24, 2.45) is 14.1 Å². The Morgan fingerprint density at radius 1 is 1.15 bits per heavy atom. The average molecular weight is 364 g/mol. The normalized spacial score (nSPS) is 13.6. The molecule has 1 aliphatic heterocycles. The van der Waals surface area contributed by atoms with E-state index in [1.807, 2.05) is 34.6 Å². The molecule has 7 nitrogen and oxygen atoms in total. The van der Waals surface area contributed by atoms with E-state index in [4.69, 9.17) is 0 Å². The summed E-state index contributed by atoms with van der Waals surface area (Å²) >= 11 is 0. The lowest BCUT2D eigenvalue weighted by atomic mass is 10.1. The first kappa shape index (κ1) is 17.3. The quantitative estimate of drug-likeness (QED) is 0.776. The smallest absolute Gasteiger partial charge is 0.219 e. The predicted molar refractivity (Wildman–Crippen MR) is 105 cm³/mol. The van der Waals surface area contributed by atoms with Crippen LogP contribution in [0, 0.1) is 6.92 Å². The Hall–Kier alpha value is -3.09. The van der Waals surface area contributed by atoms with E-state index in [1.54, 1.807) is 6.92 Å². The van der Waals surface area contributed by atoms with Crippen LogP contribution in [-0.4, -0.2) is 36.9 Å². The third-order valence-electron chi connectivity index (χ3n) is 5.23. The fraction of sp³-hybridized carbons (Fsp3) is 0.350. The van der Waals surface area contributed by atoms with Crippen molar-refractivity contribution in [3.63, 3.8) is 0 Å². The van der Waals surface area contributed by atoms with Gasteiger partial charge in [-0.25, -0.2) is 0 Å². The second-order valence-corrected chi connectivity index (χ2v) is 7.09. The maximum atomic E-state index is 11.8. The van der Waals surface area contributed by atoms with Crippen molar-refractivity contribution in [3.8, 4) is 11.3 Å². The van der Waals surface area contributed by atoms with Gasteiger partial charge in [0.2, 0.25) is 5.91 Å². The Kier molecular flexibility index (Phi) is 4.22. The van der Waals surface area contributed by atoms with E-state index < -0.39 is 0 Å². The predicted octanol–water partition coefficient (Wildman–Crippen LogP) is 2.78. The average Bonchev–Trinajstić information content (AvgIpc) is 3.15. The minimum absolute atomic E-state index is 0.103. The molecule has 3 heterocycles. The van der Waals surface area contributed by atoms with Gasteiger partial charge in [-0.15, -0.1) is 0 Å². The number of nitrogens with zero attached hydrogens (tertiary/aromatic N) is 5. The molecule has 0 atom stereocenters. The SMILES string of the molecule is CC(=O)N1CCc2c(c(Nc3ccc(-c4c(C)cnn4C)cc3)nn2C)C1. The zero-order chi connectivity index (χ0) is 19.1. The molecule has 1 aromatic carbocycles. The summed E-state index contributed by atoms with van der Waals surface area (Å²) in [5, 5.41) is 12.4. The van der Waals surface area contributed by atoms with Crippen LogP contribution in [-0.2, 0) is 31.9 Å². The number of carbonyl (C=O) groups excluding carboxylic acids is 1. The number of fused-ring (bicyclic) bond motifs is 1. The molecule has 3 aromatic rings. The van der Waals surface area contributed by atoms with E-state index in [1.165, 1.54) is 5.69 Å². The number of benzene rings is 1. The van der Waals surface area contributed by atoms with E-state index in [9.17, 15) is 4.79 Å². The highest BCUT2D eigenvalue weighted by Gasteiger charge is 2.25. The topological polar surface area (TPSA) is 68.0 Å². The van der Waals surface area contributed by atoms with Gasteiger partial charge in [0.25, 0.3) is 0 Å². The number of anilines is 2. The molecular formula is C20H24N6O. The number of carbonyl (C=O) groups is 1. The number of hydrogen-bond acceptors (Lipinski definition) is 4. The summed E-state index contributed by atoms with van der Waals surface area (Å²) in [7, 11) is 3.91. The van der Waals surface area contributed by atoms with Gasteiger partial charge in [-0.3, -0.25) is 14.2 Å². The van der Waals surface area contributed by atoms with Crippen molar-refractivity contribution in [2.75, 3.05) is 11.9 Å². The van der Waals surface area contributed by atoms with Crippen LogP contribution in [0.15, 0.2) is 30.5 Å². The Morgan fingerprint density at radius 3 is 2.52 bits per heavy atom. The van der Waals surface area contributed by atoms with E-state index >= 15 is 0 Å². The van der Waals surface area contributed by atoms with Crippen molar-refractivity contribution in [1.29, 1.82) is 0 Å². The lowest BCUT2D eigenvalue weighted by molar-refractivity contribution is -0.129. The summed E-state index contributed by atoms with van der Waals surface area (Å²) in [6, 6.07) is 8.27. The molecule has 0 bridgehead atoms. The number of amides is 1. The summed E-state index contributed by atoms with van der Waals surface area (Å²) in [5.74, 6) is 0.925. The van der Waals surface area contributed by atoms with Crippen LogP contribution in [0.5, 0.6) is 0 Å². The molecular weight excluding hydrogens is 340 g/mol. The highest BCUT2D eigenvalue weighted by molar-refractivity contribution is 5.74. The molecule has 0 saturated heterocycles. The van der Waals surface area contributed by atoms with Gasteiger partial charge in [0, 0.05) is 56.5 Å². The lowest BCUT2D eigenvalue weighted by Gasteiger charge is -2.26. The molecule has 27 heavy (non-hydrogen) atoms. The number of aryl methyl sites for hydroxylation is 3. The second kappa shape index (κ2) is 6.57. The maximum absolute atomic E-state index is 11.8. The molecule has 1 amide bonds. The van der Waals surface area contributed by atoms with Crippen molar-refractivity contribution in [3.05, 3.63) is 47.3 Å². The molecule has 0 radical (unpaired) electrons. The zero-order valence-corrected chi connectivity index (χ0v) is 16.2. The van der Waals surface area contributed by atoms with Crippen LogP contribution < -0.4 is 5.32 Å². The van der Waals surface area contributed by atoms with Crippen LogP contribution in [0.3, 0.4) is 0 Å². The van der Waals surface area contributed by atoms with Crippen LogP contribution in [0.1, 0.15) is 23.7 Å². The molecule has 0 fully saturated rings. The highest BCUT2D eigenvalue weighted by Crippen LogP contribution is 2.29. The monoisotopic (exact) mass is 364 g/mol. The summed E-state index contributed by atoms with van der Waals surface area (Å²) in [4.78, 5) is 13.6. The number of rotatable bonds is 3. The lowest BCUT2D eigenvalue weighted by Crippen LogP contribution is -2.34. The van der Waals surface area contributed by atoms with Gasteiger partial charge < -0.3 is 10.2 Å². The first-order valence-corrected chi connectivity index (χ1v) is 9.10. The number of aromatic nitrogens is 4. The number of nitrogens with one attached hydrogen (secondary N) is 1. The van der Waals surface area contributed by atoms with E-state index in [0.717, 1.165) is 46.9 Å². The Morgan fingerprint density at radius 2 is 1.89 bits per heavy atom. The van der Waals surface area contributed by atoms with Gasteiger partial charge in [-0.1, -0.05) is 12.1 Å². The highest BCUT2D eigenvalue weighted by atomic mass is 16.2. The van der Waals surface area contributed by atoms with Crippen molar-refractivity contribution < 1.29 is 4.79 Å². The Labute approximate surface area is 158 Å². The fourth-order valence-corrected chi connectivity index (χ4v) is 3.77.